The molecule has 0 fully saturated rings. The Labute approximate surface area is 113 Å². The van der Waals surface area contributed by atoms with Crippen LogP contribution in [0.3, 0.4) is 0 Å². The number of benzene rings is 1. The van der Waals surface area contributed by atoms with E-state index in [0.29, 0.717) is 5.02 Å². The number of rotatable bonds is 2. The highest BCUT2D eigenvalue weighted by Crippen LogP contribution is 2.37. The van der Waals surface area contributed by atoms with Crippen molar-refractivity contribution in [1.82, 2.24) is 5.32 Å². The molecule has 1 aromatic heterocycles. The van der Waals surface area contributed by atoms with Crippen LogP contribution in [0.15, 0.2) is 22.6 Å². The number of halogens is 1. The summed E-state index contributed by atoms with van der Waals surface area (Å²) in [5.41, 5.74) is 2.06. The fourth-order valence-electron chi connectivity index (χ4n) is 2.39. The van der Waals surface area contributed by atoms with E-state index < -0.39 is 0 Å². The number of hydrogen-bond acceptors (Lipinski definition) is 2. The van der Waals surface area contributed by atoms with Gasteiger partial charge in [-0.05, 0) is 37.1 Å². The van der Waals surface area contributed by atoms with E-state index in [1.807, 2.05) is 19.2 Å². The van der Waals surface area contributed by atoms with Gasteiger partial charge < -0.3 is 9.73 Å². The summed E-state index contributed by atoms with van der Waals surface area (Å²) >= 11 is 6.19. The minimum absolute atomic E-state index is 0.0863. The van der Waals surface area contributed by atoms with Gasteiger partial charge >= 0.3 is 0 Å². The SMILES string of the molecule is CNC(c1cc2c(C)ccc(Cl)c2o1)C(C)(C)C. The van der Waals surface area contributed by atoms with Gasteiger partial charge in [0.05, 0.1) is 11.1 Å². The third-order valence-corrected chi connectivity index (χ3v) is 3.61. The van der Waals surface area contributed by atoms with Crippen LogP contribution >= 0.6 is 11.6 Å². The second-order valence-corrected chi connectivity index (χ2v) is 6.25. The molecule has 0 saturated carbocycles. The Bertz CT molecular complexity index is 527. The monoisotopic (exact) mass is 265 g/mol. The van der Waals surface area contributed by atoms with E-state index >= 15 is 0 Å². The molecular weight excluding hydrogens is 246 g/mol. The van der Waals surface area contributed by atoms with Crippen molar-refractivity contribution in [1.29, 1.82) is 0 Å². The Morgan fingerprint density at radius 2 is 1.94 bits per heavy atom. The molecule has 0 aliphatic carbocycles. The molecule has 2 nitrogen and oxygen atoms in total. The summed E-state index contributed by atoms with van der Waals surface area (Å²) in [6.07, 6.45) is 0. The molecule has 0 bridgehead atoms. The Hall–Kier alpha value is -0.990. The predicted octanol–water partition coefficient (Wildman–Crippen LogP) is 4.70. The Morgan fingerprint density at radius 1 is 1.28 bits per heavy atom. The topological polar surface area (TPSA) is 25.2 Å². The maximum Gasteiger partial charge on any atom is 0.153 e. The maximum absolute atomic E-state index is 6.19. The molecule has 2 rings (SSSR count). The van der Waals surface area contributed by atoms with Crippen LogP contribution in [0.5, 0.6) is 0 Å². The second kappa shape index (κ2) is 4.60. The highest BCUT2D eigenvalue weighted by Gasteiger charge is 2.28. The molecule has 1 unspecified atom stereocenters. The van der Waals surface area contributed by atoms with Crippen LogP contribution in [-0.4, -0.2) is 7.05 Å². The van der Waals surface area contributed by atoms with Gasteiger partial charge in [0.25, 0.3) is 0 Å². The zero-order chi connectivity index (χ0) is 13.5. The van der Waals surface area contributed by atoms with Crippen LogP contribution < -0.4 is 5.32 Å². The first-order chi connectivity index (χ1) is 8.34. The fourth-order valence-corrected chi connectivity index (χ4v) is 2.59. The normalized spacial score (nSPS) is 14.1. The fraction of sp³-hybridized carbons (Fsp3) is 0.467. The van der Waals surface area contributed by atoms with Crippen LogP contribution in [0, 0.1) is 12.3 Å². The zero-order valence-electron chi connectivity index (χ0n) is 11.6. The molecule has 0 radical (unpaired) electrons. The Kier molecular flexibility index (Phi) is 3.43. The molecule has 98 valence electrons. The average molecular weight is 266 g/mol. The van der Waals surface area contributed by atoms with Gasteiger partial charge in [-0.3, -0.25) is 0 Å². The highest BCUT2D eigenvalue weighted by molar-refractivity contribution is 6.34. The van der Waals surface area contributed by atoms with Crippen LogP contribution in [0.4, 0.5) is 0 Å². The van der Waals surface area contributed by atoms with E-state index in [1.54, 1.807) is 0 Å². The standard InChI is InChI=1S/C15H20ClNO/c1-9-6-7-11(16)13-10(9)8-12(18-13)14(17-5)15(2,3)4/h6-8,14,17H,1-5H3. The summed E-state index contributed by atoms with van der Waals surface area (Å²) in [4.78, 5) is 0. The van der Waals surface area contributed by atoms with E-state index in [4.69, 9.17) is 16.0 Å². The third-order valence-electron chi connectivity index (χ3n) is 3.31. The van der Waals surface area contributed by atoms with Crippen LogP contribution in [0.1, 0.15) is 38.1 Å². The molecule has 0 amide bonds. The van der Waals surface area contributed by atoms with Gasteiger partial charge in [-0.15, -0.1) is 0 Å². The van der Waals surface area contributed by atoms with Crippen LogP contribution in [-0.2, 0) is 0 Å². The first-order valence-corrected chi connectivity index (χ1v) is 6.58. The van der Waals surface area contributed by atoms with Crippen molar-refractivity contribution in [2.45, 2.75) is 33.7 Å². The van der Waals surface area contributed by atoms with Crippen LogP contribution in [0.25, 0.3) is 11.0 Å². The van der Waals surface area contributed by atoms with Gasteiger partial charge in [-0.2, -0.15) is 0 Å². The summed E-state index contributed by atoms with van der Waals surface area (Å²) in [7, 11) is 1.96. The minimum Gasteiger partial charge on any atom is -0.458 e. The van der Waals surface area contributed by atoms with Crippen molar-refractivity contribution < 1.29 is 4.42 Å². The largest absolute Gasteiger partial charge is 0.458 e. The van der Waals surface area contributed by atoms with E-state index in [0.717, 1.165) is 16.7 Å². The molecule has 18 heavy (non-hydrogen) atoms. The summed E-state index contributed by atoms with van der Waals surface area (Å²) in [6, 6.07) is 6.18. The molecule has 1 N–H and O–H groups in total. The number of aryl methyl sites for hydroxylation is 1. The quantitative estimate of drug-likeness (QED) is 0.851. The number of furan rings is 1. The maximum atomic E-state index is 6.19. The first-order valence-electron chi connectivity index (χ1n) is 6.20. The summed E-state index contributed by atoms with van der Waals surface area (Å²) in [6.45, 7) is 8.64. The van der Waals surface area contributed by atoms with E-state index in [9.17, 15) is 0 Å². The summed E-state index contributed by atoms with van der Waals surface area (Å²) in [5, 5.41) is 5.09. The van der Waals surface area contributed by atoms with Gasteiger partial charge in [-0.1, -0.05) is 38.4 Å². The Morgan fingerprint density at radius 3 is 2.44 bits per heavy atom. The summed E-state index contributed by atoms with van der Waals surface area (Å²) < 4.78 is 5.96. The smallest absolute Gasteiger partial charge is 0.153 e. The highest BCUT2D eigenvalue weighted by atomic mass is 35.5. The molecule has 3 heteroatoms. The van der Waals surface area contributed by atoms with Gasteiger partial charge in [0.1, 0.15) is 5.76 Å². The molecule has 2 aromatic rings. The zero-order valence-corrected chi connectivity index (χ0v) is 12.4. The van der Waals surface area contributed by atoms with Crippen molar-refractivity contribution in [3.63, 3.8) is 0 Å². The molecule has 1 heterocycles. The molecule has 0 aliphatic heterocycles. The lowest BCUT2D eigenvalue weighted by Gasteiger charge is -2.28. The van der Waals surface area contributed by atoms with Gasteiger partial charge in [-0.25, -0.2) is 0 Å². The van der Waals surface area contributed by atoms with E-state index in [2.05, 4.69) is 39.1 Å². The molecule has 1 atom stereocenters. The number of hydrogen-bond donors (Lipinski definition) is 1. The van der Waals surface area contributed by atoms with E-state index in [1.165, 1.54) is 5.56 Å². The molecule has 0 aliphatic rings. The third kappa shape index (κ3) is 2.27. The Balaban J connectivity index is 2.60. The van der Waals surface area contributed by atoms with Crippen molar-refractivity contribution >= 4 is 22.6 Å². The minimum atomic E-state index is 0.0863. The van der Waals surface area contributed by atoms with Crippen LogP contribution in [0.2, 0.25) is 5.02 Å². The van der Waals surface area contributed by atoms with E-state index in [-0.39, 0.29) is 11.5 Å². The van der Waals surface area contributed by atoms with Crippen molar-refractivity contribution in [3.8, 4) is 0 Å². The van der Waals surface area contributed by atoms with Crippen molar-refractivity contribution in [2.75, 3.05) is 7.05 Å². The lowest BCUT2D eigenvalue weighted by Crippen LogP contribution is -2.29. The summed E-state index contributed by atoms with van der Waals surface area (Å²) in [5.74, 6) is 0.941. The van der Waals surface area contributed by atoms with Crippen molar-refractivity contribution in [3.05, 3.63) is 34.5 Å². The second-order valence-electron chi connectivity index (χ2n) is 5.84. The number of fused-ring (bicyclic) bond motifs is 1. The van der Waals surface area contributed by atoms with Gasteiger partial charge in [0.15, 0.2) is 5.58 Å². The first kappa shape index (κ1) is 13.4. The molecule has 0 saturated heterocycles. The molecule has 0 spiro atoms. The molecule has 1 aromatic carbocycles. The van der Waals surface area contributed by atoms with Gasteiger partial charge in [0, 0.05) is 5.39 Å². The number of nitrogens with one attached hydrogen (secondary N) is 1. The average Bonchev–Trinajstić information content (AvgIpc) is 2.68. The molecular formula is C15H20ClNO. The lowest BCUT2D eigenvalue weighted by atomic mass is 9.85. The van der Waals surface area contributed by atoms with Gasteiger partial charge in [0.2, 0.25) is 0 Å². The van der Waals surface area contributed by atoms with Crippen molar-refractivity contribution in [2.24, 2.45) is 5.41 Å². The predicted molar refractivity (Wildman–Crippen MR) is 77.2 cm³/mol. The lowest BCUT2D eigenvalue weighted by molar-refractivity contribution is 0.253.